The number of aromatic nitrogens is 4. The Morgan fingerprint density at radius 3 is 2.71 bits per heavy atom. The van der Waals surface area contributed by atoms with E-state index in [0.717, 1.165) is 35.6 Å². The molecule has 0 saturated carbocycles. The van der Waals surface area contributed by atoms with Gasteiger partial charge in [0.15, 0.2) is 0 Å². The maximum atomic E-state index is 5.96. The molecule has 1 unspecified atom stereocenters. The summed E-state index contributed by atoms with van der Waals surface area (Å²) in [4.78, 5) is 19.6. The van der Waals surface area contributed by atoms with Gasteiger partial charge in [-0.25, -0.2) is 9.97 Å². The summed E-state index contributed by atoms with van der Waals surface area (Å²) >= 11 is 0. The summed E-state index contributed by atoms with van der Waals surface area (Å²) in [5.41, 5.74) is 11.2. The Hall–Kier alpha value is -2.86. The lowest BCUT2D eigenvalue weighted by molar-refractivity contribution is 0.218. The topological polar surface area (TPSA) is 80.8 Å². The van der Waals surface area contributed by atoms with E-state index < -0.39 is 0 Å². The average Bonchev–Trinajstić information content (AvgIpc) is 2.92. The van der Waals surface area contributed by atoms with Gasteiger partial charge < -0.3 is 5.73 Å². The first-order valence-electron chi connectivity index (χ1n) is 7.92. The predicted molar refractivity (Wildman–Crippen MR) is 91.6 cm³/mol. The van der Waals surface area contributed by atoms with Crippen LogP contribution in [-0.4, -0.2) is 24.8 Å². The van der Waals surface area contributed by atoms with Crippen LogP contribution in [0, 0.1) is 0 Å². The molecule has 0 saturated heterocycles. The fraction of sp³-hybridized carbons (Fsp3) is 0.222. The molecule has 0 aromatic carbocycles. The first-order chi connectivity index (χ1) is 11.7. The Labute approximate surface area is 140 Å². The first kappa shape index (κ1) is 14.7. The molecule has 0 radical (unpaired) electrons. The minimum Gasteiger partial charge on any atom is -0.368 e. The number of nitrogen functional groups attached to an aromatic ring is 1. The van der Waals surface area contributed by atoms with Crippen LogP contribution in [0.1, 0.15) is 29.8 Å². The third kappa shape index (κ3) is 2.61. The number of hydrogen-bond donors (Lipinski definition) is 1. The summed E-state index contributed by atoms with van der Waals surface area (Å²) in [6, 6.07) is 8.15. The van der Waals surface area contributed by atoms with Crippen molar-refractivity contribution in [1.29, 1.82) is 0 Å². The van der Waals surface area contributed by atoms with Crippen LogP contribution in [0.3, 0.4) is 0 Å². The summed E-state index contributed by atoms with van der Waals surface area (Å²) in [6.07, 6.45) is 7.23. The van der Waals surface area contributed by atoms with Gasteiger partial charge in [0, 0.05) is 49.0 Å². The molecule has 2 N–H and O–H groups in total. The zero-order valence-corrected chi connectivity index (χ0v) is 13.4. The van der Waals surface area contributed by atoms with Gasteiger partial charge in [-0.05, 0) is 30.7 Å². The molecular weight excluding hydrogens is 300 g/mol. The zero-order chi connectivity index (χ0) is 16.5. The van der Waals surface area contributed by atoms with Crippen molar-refractivity contribution in [3.63, 3.8) is 0 Å². The van der Waals surface area contributed by atoms with Crippen molar-refractivity contribution in [2.24, 2.45) is 0 Å². The highest BCUT2D eigenvalue weighted by atomic mass is 15.2. The summed E-state index contributed by atoms with van der Waals surface area (Å²) in [6.45, 7) is 3.77. The third-order valence-corrected chi connectivity index (χ3v) is 4.42. The van der Waals surface area contributed by atoms with E-state index in [9.17, 15) is 0 Å². The summed E-state index contributed by atoms with van der Waals surface area (Å²) in [7, 11) is 0. The number of hydrogen-bond acceptors (Lipinski definition) is 6. The second kappa shape index (κ2) is 5.98. The molecular formula is C18H18N6. The van der Waals surface area contributed by atoms with Gasteiger partial charge in [0.25, 0.3) is 0 Å². The van der Waals surface area contributed by atoms with Crippen molar-refractivity contribution in [1.82, 2.24) is 24.8 Å². The minimum atomic E-state index is 0.186. The highest BCUT2D eigenvalue weighted by Gasteiger charge is 2.31. The van der Waals surface area contributed by atoms with Gasteiger partial charge >= 0.3 is 0 Å². The van der Waals surface area contributed by atoms with Gasteiger partial charge in [-0.3, -0.25) is 14.9 Å². The molecule has 4 rings (SSSR count). The molecule has 0 bridgehead atoms. The molecule has 3 aromatic rings. The standard InChI is InChI=1S/C18H18N6/c1-12-16-15(11-24(12)10-13-3-2-6-21-9-13)17(23-18(19)22-16)14-4-7-20-8-5-14/h2-9,12H,10-11H2,1H3,(H2,19,22,23). The zero-order valence-electron chi connectivity index (χ0n) is 13.4. The number of fused-ring (bicyclic) bond motifs is 1. The normalized spacial score (nSPS) is 17.0. The van der Waals surface area contributed by atoms with E-state index in [2.05, 4.69) is 37.8 Å². The largest absolute Gasteiger partial charge is 0.368 e. The van der Waals surface area contributed by atoms with Gasteiger partial charge in [-0.1, -0.05) is 6.07 Å². The van der Waals surface area contributed by atoms with Crippen LogP contribution in [0.25, 0.3) is 11.3 Å². The highest BCUT2D eigenvalue weighted by molar-refractivity contribution is 5.65. The van der Waals surface area contributed by atoms with Gasteiger partial charge in [0.05, 0.1) is 17.4 Å². The lowest BCUT2D eigenvalue weighted by Crippen LogP contribution is -2.19. The molecule has 120 valence electrons. The molecule has 1 aliphatic rings. The fourth-order valence-corrected chi connectivity index (χ4v) is 3.20. The van der Waals surface area contributed by atoms with Crippen LogP contribution in [0.15, 0.2) is 49.1 Å². The molecule has 3 aromatic heterocycles. The SMILES string of the molecule is CC1c2nc(N)nc(-c3ccncc3)c2CN1Cc1cccnc1. The predicted octanol–water partition coefficient (Wildman–Crippen LogP) is 2.59. The Morgan fingerprint density at radius 2 is 1.96 bits per heavy atom. The molecule has 0 aliphatic carbocycles. The summed E-state index contributed by atoms with van der Waals surface area (Å²) < 4.78 is 0. The van der Waals surface area contributed by atoms with Crippen molar-refractivity contribution < 1.29 is 0 Å². The summed E-state index contributed by atoms with van der Waals surface area (Å²) in [5.74, 6) is 0.315. The molecule has 0 amide bonds. The van der Waals surface area contributed by atoms with Crippen molar-refractivity contribution in [2.75, 3.05) is 5.73 Å². The van der Waals surface area contributed by atoms with E-state index in [0.29, 0.717) is 5.95 Å². The van der Waals surface area contributed by atoms with Gasteiger partial charge in [0.2, 0.25) is 5.95 Å². The number of nitrogens with two attached hydrogens (primary N) is 1. The molecule has 6 nitrogen and oxygen atoms in total. The van der Waals surface area contributed by atoms with Crippen molar-refractivity contribution in [3.8, 4) is 11.3 Å². The second-order valence-corrected chi connectivity index (χ2v) is 5.97. The molecule has 4 heterocycles. The van der Waals surface area contributed by atoms with E-state index in [1.807, 2.05) is 24.4 Å². The van der Waals surface area contributed by atoms with E-state index in [-0.39, 0.29) is 6.04 Å². The minimum absolute atomic E-state index is 0.186. The maximum absolute atomic E-state index is 5.96. The average molecular weight is 318 g/mol. The van der Waals surface area contributed by atoms with Crippen LogP contribution in [0.2, 0.25) is 0 Å². The molecule has 1 aliphatic heterocycles. The Kier molecular flexibility index (Phi) is 3.66. The molecule has 0 spiro atoms. The maximum Gasteiger partial charge on any atom is 0.220 e. The molecule has 6 heteroatoms. The Morgan fingerprint density at radius 1 is 1.12 bits per heavy atom. The van der Waals surface area contributed by atoms with E-state index >= 15 is 0 Å². The van der Waals surface area contributed by atoms with E-state index in [1.165, 1.54) is 5.56 Å². The molecule has 1 atom stereocenters. The Bertz CT molecular complexity index is 850. The molecule has 24 heavy (non-hydrogen) atoms. The number of pyridine rings is 2. The van der Waals surface area contributed by atoms with Gasteiger partial charge in [-0.2, -0.15) is 0 Å². The lowest BCUT2D eigenvalue weighted by atomic mass is 10.1. The third-order valence-electron chi connectivity index (χ3n) is 4.42. The summed E-state index contributed by atoms with van der Waals surface area (Å²) in [5, 5.41) is 0. The lowest BCUT2D eigenvalue weighted by Gasteiger charge is -2.20. The second-order valence-electron chi connectivity index (χ2n) is 5.97. The number of nitrogens with zero attached hydrogens (tertiary/aromatic N) is 5. The smallest absolute Gasteiger partial charge is 0.220 e. The number of rotatable bonds is 3. The van der Waals surface area contributed by atoms with Crippen molar-refractivity contribution in [2.45, 2.75) is 26.1 Å². The van der Waals surface area contributed by atoms with Gasteiger partial charge in [-0.15, -0.1) is 0 Å². The molecule has 0 fully saturated rings. The van der Waals surface area contributed by atoms with Crippen LogP contribution >= 0.6 is 0 Å². The van der Waals surface area contributed by atoms with Crippen LogP contribution in [0.4, 0.5) is 5.95 Å². The number of anilines is 1. The van der Waals surface area contributed by atoms with Gasteiger partial charge in [0.1, 0.15) is 0 Å². The van der Waals surface area contributed by atoms with E-state index in [4.69, 9.17) is 5.73 Å². The highest BCUT2D eigenvalue weighted by Crippen LogP contribution is 2.38. The van der Waals surface area contributed by atoms with Crippen LogP contribution < -0.4 is 5.73 Å². The Balaban J connectivity index is 1.71. The van der Waals surface area contributed by atoms with E-state index in [1.54, 1.807) is 18.6 Å². The van der Waals surface area contributed by atoms with Crippen molar-refractivity contribution >= 4 is 5.95 Å². The quantitative estimate of drug-likeness (QED) is 0.799. The first-order valence-corrected chi connectivity index (χ1v) is 7.92. The fourth-order valence-electron chi connectivity index (χ4n) is 3.20. The van der Waals surface area contributed by atoms with Crippen molar-refractivity contribution in [3.05, 3.63) is 65.9 Å². The van der Waals surface area contributed by atoms with Crippen LogP contribution in [-0.2, 0) is 13.1 Å². The monoisotopic (exact) mass is 318 g/mol. The van der Waals surface area contributed by atoms with Crippen LogP contribution in [0.5, 0.6) is 0 Å².